The van der Waals surface area contributed by atoms with Crippen molar-refractivity contribution in [1.29, 1.82) is 5.26 Å². The van der Waals surface area contributed by atoms with E-state index < -0.39 is 11.7 Å². The molecule has 2 aromatic carbocycles. The first-order valence-corrected chi connectivity index (χ1v) is 11.1. The summed E-state index contributed by atoms with van der Waals surface area (Å²) in [5, 5.41) is 9.08. The lowest BCUT2D eigenvalue weighted by Gasteiger charge is -2.44. The zero-order valence-corrected chi connectivity index (χ0v) is 18.4. The minimum absolute atomic E-state index is 0.0369. The van der Waals surface area contributed by atoms with Gasteiger partial charge in [-0.15, -0.1) is 0 Å². The summed E-state index contributed by atoms with van der Waals surface area (Å²) in [5.41, 5.74) is -0.452. The van der Waals surface area contributed by atoms with Gasteiger partial charge in [-0.1, -0.05) is 18.2 Å². The van der Waals surface area contributed by atoms with Gasteiger partial charge in [0, 0.05) is 55.4 Å². The molecule has 0 aromatic heterocycles. The first-order chi connectivity index (χ1) is 15.8. The maximum atomic E-state index is 13.5. The van der Waals surface area contributed by atoms with Gasteiger partial charge in [0.2, 0.25) is 0 Å². The van der Waals surface area contributed by atoms with Crippen LogP contribution in [0, 0.1) is 22.7 Å². The lowest BCUT2D eigenvalue weighted by Crippen LogP contribution is -2.49. The molecule has 8 heteroatoms. The number of benzene rings is 2. The number of alkyl halides is 3. The molecule has 2 aliphatic rings. The molecule has 2 atom stereocenters. The second-order valence-electron chi connectivity index (χ2n) is 8.78. The summed E-state index contributed by atoms with van der Waals surface area (Å²) < 4.78 is 46.2. The standard InChI is InChI=1S/C25H26F3N3O2/c1-2-33-17-24-10-11-30(21-9-8-19(13-29)22(12-21)25(26,27)28)14-20(24)15-31(16-24)23(32)18-6-4-3-5-7-18/h3-9,12,20H,2,10-11,14-17H2,1H3/t20-,24+/m1/s1. The fourth-order valence-electron chi connectivity index (χ4n) is 5.04. The number of halogens is 3. The van der Waals surface area contributed by atoms with Crippen LogP contribution in [0.5, 0.6) is 0 Å². The second kappa shape index (κ2) is 9.06. The maximum absolute atomic E-state index is 13.5. The third kappa shape index (κ3) is 4.55. The van der Waals surface area contributed by atoms with Crippen LogP contribution in [-0.4, -0.2) is 50.2 Å². The molecule has 0 aliphatic carbocycles. The van der Waals surface area contributed by atoms with Crippen molar-refractivity contribution in [3.05, 3.63) is 65.2 Å². The Hall–Kier alpha value is -3.05. The normalized spacial score (nSPS) is 22.7. The monoisotopic (exact) mass is 457 g/mol. The average Bonchev–Trinajstić information content (AvgIpc) is 3.21. The SMILES string of the molecule is CCOC[C@@]12CCN(c3ccc(C#N)c(C(F)(F)F)c3)C[C@@H]1CN(C(=O)c1ccccc1)C2. The number of likely N-dealkylation sites (tertiary alicyclic amines) is 1. The lowest BCUT2D eigenvalue weighted by molar-refractivity contribution is -0.137. The number of nitriles is 1. The summed E-state index contributed by atoms with van der Waals surface area (Å²) in [6.07, 6.45) is -3.89. The van der Waals surface area contributed by atoms with Crippen molar-refractivity contribution in [2.45, 2.75) is 19.5 Å². The van der Waals surface area contributed by atoms with E-state index in [2.05, 4.69) is 0 Å². The molecule has 2 aromatic rings. The Bertz CT molecular complexity index is 1050. The summed E-state index contributed by atoms with van der Waals surface area (Å²) in [5.74, 6) is 0.0283. The number of hydrogen-bond acceptors (Lipinski definition) is 4. The Morgan fingerprint density at radius 1 is 1.21 bits per heavy atom. The first-order valence-electron chi connectivity index (χ1n) is 11.1. The van der Waals surface area contributed by atoms with Crippen molar-refractivity contribution in [3.8, 4) is 6.07 Å². The zero-order valence-electron chi connectivity index (χ0n) is 18.4. The summed E-state index contributed by atoms with van der Waals surface area (Å²) in [4.78, 5) is 16.9. The predicted molar refractivity (Wildman–Crippen MR) is 118 cm³/mol. The third-order valence-corrected chi connectivity index (χ3v) is 6.83. The van der Waals surface area contributed by atoms with E-state index in [0.717, 1.165) is 6.07 Å². The Kier molecular flexibility index (Phi) is 6.35. The van der Waals surface area contributed by atoms with Crippen LogP contribution >= 0.6 is 0 Å². The Labute approximate surface area is 191 Å². The molecular formula is C25H26F3N3O2. The van der Waals surface area contributed by atoms with Gasteiger partial charge in [-0.25, -0.2) is 0 Å². The van der Waals surface area contributed by atoms with Gasteiger partial charge < -0.3 is 14.5 Å². The van der Waals surface area contributed by atoms with Crippen LogP contribution in [0.3, 0.4) is 0 Å². The van der Waals surface area contributed by atoms with Crippen molar-refractivity contribution < 1.29 is 22.7 Å². The van der Waals surface area contributed by atoms with Crippen molar-refractivity contribution >= 4 is 11.6 Å². The molecule has 0 saturated carbocycles. The summed E-state index contributed by atoms with van der Waals surface area (Å²) in [6.45, 7) is 5.18. The number of amides is 1. The fraction of sp³-hybridized carbons (Fsp3) is 0.440. The highest BCUT2D eigenvalue weighted by Crippen LogP contribution is 2.45. The number of ether oxygens (including phenoxy) is 1. The summed E-state index contributed by atoms with van der Waals surface area (Å²) in [7, 11) is 0. The van der Waals surface area contributed by atoms with Crippen LogP contribution in [0.15, 0.2) is 48.5 Å². The maximum Gasteiger partial charge on any atom is 0.417 e. The highest BCUT2D eigenvalue weighted by Gasteiger charge is 2.51. The van der Waals surface area contributed by atoms with E-state index in [1.165, 1.54) is 6.07 Å². The van der Waals surface area contributed by atoms with Crippen LogP contribution in [-0.2, 0) is 10.9 Å². The molecule has 0 radical (unpaired) electrons. The lowest BCUT2D eigenvalue weighted by atomic mass is 9.73. The van der Waals surface area contributed by atoms with E-state index in [0.29, 0.717) is 57.1 Å². The van der Waals surface area contributed by atoms with Crippen molar-refractivity contribution in [1.82, 2.24) is 4.90 Å². The molecule has 0 N–H and O–H groups in total. The predicted octanol–water partition coefficient (Wildman–Crippen LogP) is 4.58. The van der Waals surface area contributed by atoms with Crippen LogP contribution in [0.2, 0.25) is 0 Å². The van der Waals surface area contributed by atoms with Crippen LogP contribution in [0.1, 0.15) is 34.8 Å². The van der Waals surface area contributed by atoms with E-state index >= 15 is 0 Å². The quantitative estimate of drug-likeness (QED) is 0.660. The molecular weight excluding hydrogens is 431 g/mol. The van der Waals surface area contributed by atoms with E-state index in [1.807, 2.05) is 34.9 Å². The highest BCUT2D eigenvalue weighted by molar-refractivity contribution is 5.94. The molecule has 2 aliphatic heterocycles. The number of hydrogen-bond donors (Lipinski definition) is 0. The molecule has 0 unspecified atom stereocenters. The molecule has 2 heterocycles. The average molecular weight is 457 g/mol. The third-order valence-electron chi connectivity index (χ3n) is 6.83. The van der Waals surface area contributed by atoms with Gasteiger partial charge in [-0.3, -0.25) is 4.79 Å². The summed E-state index contributed by atoms with van der Waals surface area (Å²) >= 11 is 0. The van der Waals surface area contributed by atoms with E-state index in [9.17, 15) is 18.0 Å². The topological polar surface area (TPSA) is 56.6 Å². The van der Waals surface area contributed by atoms with Crippen molar-refractivity contribution in [2.75, 3.05) is 44.3 Å². The van der Waals surface area contributed by atoms with Gasteiger partial charge in [0.05, 0.1) is 23.8 Å². The van der Waals surface area contributed by atoms with E-state index in [1.54, 1.807) is 24.3 Å². The van der Waals surface area contributed by atoms with Gasteiger partial charge in [0.25, 0.3) is 5.91 Å². The minimum Gasteiger partial charge on any atom is -0.381 e. The Morgan fingerprint density at radius 3 is 2.64 bits per heavy atom. The number of nitrogens with zero attached hydrogens (tertiary/aromatic N) is 3. The van der Waals surface area contributed by atoms with Crippen LogP contribution < -0.4 is 4.90 Å². The largest absolute Gasteiger partial charge is 0.417 e. The number of anilines is 1. The molecule has 33 heavy (non-hydrogen) atoms. The van der Waals surface area contributed by atoms with Crippen LogP contribution in [0.4, 0.5) is 18.9 Å². The summed E-state index contributed by atoms with van der Waals surface area (Å²) in [6, 6.07) is 14.6. The van der Waals surface area contributed by atoms with Crippen LogP contribution in [0.25, 0.3) is 0 Å². The Balaban J connectivity index is 1.59. The van der Waals surface area contributed by atoms with Gasteiger partial charge in [-0.05, 0) is 43.7 Å². The Morgan fingerprint density at radius 2 is 1.97 bits per heavy atom. The smallest absolute Gasteiger partial charge is 0.381 e. The number of rotatable bonds is 5. The van der Waals surface area contributed by atoms with Gasteiger partial charge in [-0.2, -0.15) is 18.4 Å². The number of fused-ring (bicyclic) bond motifs is 1. The van der Waals surface area contributed by atoms with Crippen molar-refractivity contribution in [3.63, 3.8) is 0 Å². The van der Waals surface area contributed by atoms with Gasteiger partial charge in [0.1, 0.15) is 0 Å². The van der Waals surface area contributed by atoms with E-state index in [4.69, 9.17) is 10.00 Å². The number of carbonyl (C=O) groups excluding carboxylic acids is 1. The molecule has 174 valence electrons. The highest BCUT2D eigenvalue weighted by atomic mass is 19.4. The molecule has 5 nitrogen and oxygen atoms in total. The van der Waals surface area contributed by atoms with Gasteiger partial charge >= 0.3 is 6.18 Å². The first kappa shape index (κ1) is 23.1. The number of piperidine rings is 1. The molecule has 0 bridgehead atoms. The van der Waals surface area contributed by atoms with Gasteiger partial charge in [0.15, 0.2) is 0 Å². The number of carbonyl (C=O) groups is 1. The molecule has 1 amide bonds. The zero-order chi connectivity index (χ0) is 23.6. The molecule has 4 rings (SSSR count). The molecule has 2 saturated heterocycles. The minimum atomic E-state index is -4.60. The van der Waals surface area contributed by atoms with Crippen molar-refractivity contribution in [2.24, 2.45) is 11.3 Å². The second-order valence-corrected chi connectivity index (χ2v) is 8.78. The fourth-order valence-corrected chi connectivity index (χ4v) is 5.04. The van der Waals surface area contributed by atoms with E-state index in [-0.39, 0.29) is 22.8 Å². The molecule has 2 fully saturated rings. The molecule has 0 spiro atoms.